The zero-order valence-corrected chi connectivity index (χ0v) is 27.5. The summed E-state index contributed by atoms with van der Waals surface area (Å²) < 4.78 is 42.7. The van der Waals surface area contributed by atoms with Crippen LogP contribution in [-0.2, 0) is 4.79 Å². The third kappa shape index (κ3) is 7.04. The van der Waals surface area contributed by atoms with Gasteiger partial charge in [0.15, 0.2) is 5.78 Å². The smallest absolute Gasteiger partial charge is 0.269 e. The number of oxazole rings is 2. The molecule has 2 aromatic heterocycles. The number of nitro groups is 2. The van der Waals surface area contributed by atoms with Crippen LogP contribution in [0.2, 0.25) is 0 Å². The Kier molecular flexibility index (Phi) is 10.1. The Hall–Kier alpha value is -5.29. The van der Waals surface area contributed by atoms with Crippen LogP contribution in [-0.4, -0.2) is 115 Å². The molecule has 2 atom stereocenters. The van der Waals surface area contributed by atoms with E-state index < -0.39 is 40.8 Å². The number of halogens is 2. The van der Waals surface area contributed by atoms with Crippen LogP contribution in [0.4, 0.5) is 31.9 Å². The van der Waals surface area contributed by atoms with Crippen molar-refractivity contribution in [2.45, 2.75) is 11.8 Å². The lowest BCUT2D eigenvalue weighted by Crippen LogP contribution is -2.45. The SMILES string of the molecule is CN1CCN(c2oc(-c3ccc([N+](=O)[O-])cc3)nc2C(CF)C(=O)C(CF)c2nc(-c3ccc([N+](=O)[O-])cc3)oc2N2CCN(C)CC2)CC1. The van der Waals surface area contributed by atoms with Crippen molar-refractivity contribution in [3.05, 3.63) is 80.1 Å². The van der Waals surface area contributed by atoms with Crippen molar-refractivity contribution in [2.24, 2.45) is 0 Å². The number of ketones is 1. The van der Waals surface area contributed by atoms with Crippen molar-refractivity contribution >= 4 is 28.9 Å². The van der Waals surface area contributed by atoms with E-state index in [0.717, 1.165) is 0 Å². The number of anilines is 2. The molecule has 2 aliphatic heterocycles. The molecule has 0 aliphatic carbocycles. The Morgan fingerprint density at radius 2 is 1.02 bits per heavy atom. The first-order chi connectivity index (χ1) is 24.1. The molecular weight excluding hydrogens is 658 g/mol. The van der Waals surface area contributed by atoms with Crippen LogP contribution in [0, 0.1) is 20.2 Å². The number of likely N-dealkylation sites (N-methyl/N-ethyl adjacent to an activating group) is 2. The summed E-state index contributed by atoms with van der Waals surface area (Å²) in [7, 11) is 3.92. The van der Waals surface area contributed by atoms with Crippen molar-refractivity contribution in [1.82, 2.24) is 19.8 Å². The number of aromatic nitrogens is 2. The Morgan fingerprint density at radius 1 is 0.680 bits per heavy atom. The second-order valence-corrected chi connectivity index (χ2v) is 12.4. The van der Waals surface area contributed by atoms with Crippen molar-refractivity contribution < 1.29 is 32.3 Å². The number of carbonyl (C=O) groups excluding carboxylic acids is 1. The summed E-state index contributed by atoms with van der Waals surface area (Å²) in [5.41, 5.74) is 0.471. The molecule has 2 unspecified atom stereocenters. The zero-order valence-electron chi connectivity index (χ0n) is 27.5. The summed E-state index contributed by atoms with van der Waals surface area (Å²) in [6.07, 6.45) is 0. The fraction of sp³-hybridized carbons (Fsp3) is 0.424. The highest BCUT2D eigenvalue weighted by Gasteiger charge is 2.40. The molecule has 50 heavy (non-hydrogen) atoms. The first-order valence-electron chi connectivity index (χ1n) is 16.1. The van der Waals surface area contributed by atoms with Crippen molar-refractivity contribution in [1.29, 1.82) is 0 Å². The van der Waals surface area contributed by atoms with Crippen molar-refractivity contribution in [2.75, 3.05) is 89.6 Å². The number of Topliss-reactive ketones (excluding diaryl/α,β-unsaturated/α-hetero) is 1. The zero-order chi connectivity index (χ0) is 35.5. The van der Waals surface area contributed by atoms with Crippen molar-refractivity contribution in [3.63, 3.8) is 0 Å². The molecule has 2 fully saturated rings. The number of hydrogen-bond donors (Lipinski definition) is 0. The number of alkyl halides is 2. The molecular formula is C33H36F2N8O7. The third-order valence-corrected chi connectivity index (χ3v) is 9.16. The van der Waals surface area contributed by atoms with E-state index in [1.165, 1.54) is 48.5 Å². The van der Waals surface area contributed by atoms with Gasteiger partial charge in [0.25, 0.3) is 11.4 Å². The number of non-ortho nitro benzene ring substituents is 2. The summed E-state index contributed by atoms with van der Waals surface area (Å²) >= 11 is 0. The maximum Gasteiger partial charge on any atom is 0.269 e. The van der Waals surface area contributed by atoms with Crippen molar-refractivity contribution in [3.8, 4) is 22.9 Å². The molecule has 15 nitrogen and oxygen atoms in total. The Balaban J connectivity index is 1.40. The predicted molar refractivity (Wildman–Crippen MR) is 179 cm³/mol. The lowest BCUT2D eigenvalue weighted by atomic mass is 9.89. The molecule has 264 valence electrons. The van der Waals surface area contributed by atoms with Gasteiger partial charge in [0.05, 0.1) is 21.7 Å². The standard InChI is InChI=1S/C33H36F2N8O7/c1-38-11-15-40(16-12-38)32-27(36-30(49-32)21-3-7-23(8-4-21)42(45)46)25(19-34)29(44)26(20-35)28-33(41-17-13-39(2)14-18-41)50-31(37-28)22-5-9-24(10-6-22)43(47)48/h3-10,25-26H,11-20H2,1-2H3. The first kappa shape index (κ1) is 34.6. The fourth-order valence-corrected chi connectivity index (χ4v) is 6.08. The van der Waals surface area contributed by atoms with E-state index in [1.807, 2.05) is 23.9 Å². The van der Waals surface area contributed by atoms with Gasteiger partial charge >= 0.3 is 0 Å². The second-order valence-electron chi connectivity index (χ2n) is 12.4. The molecule has 0 saturated carbocycles. The lowest BCUT2D eigenvalue weighted by Gasteiger charge is -2.33. The van der Waals surface area contributed by atoms with Crippen LogP contribution in [0.3, 0.4) is 0 Å². The van der Waals surface area contributed by atoms with Crippen LogP contribution in [0.1, 0.15) is 23.2 Å². The van der Waals surface area contributed by atoms with E-state index in [2.05, 4.69) is 19.8 Å². The monoisotopic (exact) mass is 694 g/mol. The lowest BCUT2D eigenvalue weighted by molar-refractivity contribution is -0.385. The normalized spacial score (nSPS) is 17.1. The molecule has 17 heteroatoms. The number of piperazine rings is 2. The Morgan fingerprint density at radius 3 is 1.32 bits per heavy atom. The molecule has 2 aliphatic rings. The molecule has 0 amide bonds. The van der Waals surface area contributed by atoms with Gasteiger partial charge in [0, 0.05) is 87.8 Å². The van der Waals surface area contributed by atoms with Gasteiger partial charge in [-0.05, 0) is 38.4 Å². The number of nitro benzene ring substituents is 2. The molecule has 0 N–H and O–H groups in total. The summed E-state index contributed by atoms with van der Waals surface area (Å²) in [5, 5.41) is 22.4. The van der Waals surface area contributed by atoms with Crippen LogP contribution >= 0.6 is 0 Å². The van der Waals surface area contributed by atoms with E-state index in [9.17, 15) is 25.0 Å². The molecule has 4 aromatic rings. The molecule has 0 bridgehead atoms. The quantitative estimate of drug-likeness (QED) is 0.148. The highest BCUT2D eigenvalue weighted by Crippen LogP contribution is 2.40. The first-order valence-corrected chi connectivity index (χ1v) is 16.1. The number of benzene rings is 2. The molecule has 2 saturated heterocycles. The molecule has 6 rings (SSSR count). The second kappa shape index (κ2) is 14.7. The van der Waals surface area contributed by atoms with E-state index in [1.54, 1.807) is 0 Å². The van der Waals surface area contributed by atoms with Gasteiger partial charge in [0.2, 0.25) is 23.5 Å². The van der Waals surface area contributed by atoms with Crippen LogP contribution < -0.4 is 9.80 Å². The molecule has 4 heterocycles. The van der Waals surface area contributed by atoms with Gasteiger partial charge in [-0.25, -0.2) is 18.7 Å². The molecule has 0 radical (unpaired) electrons. The molecule has 0 spiro atoms. The topological polar surface area (TPSA) is 168 Å². The Bertz CT molecular complexity index is 1700. The van der Waals surface area contributed by atoms with E-state index in [4.69, 9.17) is 8.83 Å². The van der Waals surface area contributed by atoms with E-state index in [0.29, 0.717) is 63.5 Å². The average Bonchev–Trinajstić information content (AvgIpc) is 3.76. The van der Waals surface area contributed by atoms with Gasteiger partial charge in [-0.2, -0.15) is 0 Å². The van der Waals surface area contributed by atoms with Crippen LogP contribution in [0.25, 0.3) is 22.9 Å². The number of rotatable bonds is 12. The maximum atomic E-state index is 15.2. The van der Waals surface area contributed by atoms with Crippen LogP contribution in [0.5, 0.6) is 0 Å². The van der Waals surface area contributed by atoms with Gasteiger partial charge in [-0.3, -0.25) is 25.0 Å². The van der Waals surface area contributed by atoms with E-state index >= 15 is 8.78 Å². The highest BCUT2D eigenvalue weighted by molar-refractivity contribution is 5.93. The summed E-state index contributed by atoms with van der Waals surface area (Å²) in [5.74, 6) is -3.48. The molecule has 2 aromatic carbocycles. The summed E-state index contributed by atoms with van der Waals surface area (Å²) in [6.45, 7) is 2.20. The van der Waals surface area contributed by atoms with Gasteiger partial charge in [-0.1, -0.05) is 0 Å². The van der Waals surface area contributed by atoms with E-state index in [-0.39, 0.29) is 46.3 Å². The number of hydrogen-bond acceptors (Lipinski definition) is 13. The Labute approximate surface area is 285 Å². The minimum Gasteiger partial charge on any atom is -0.420 e. The van der Waals surface area contributed by atoms with Gasteiger partial charge in [0.1, 0.15) is 24.7 Å². The number of carbonyl (C=O) groups is 1. The fourth-order valence-electron chi connectivity index (χ4n) is 6.08. The third-order valence-electron chi connectivity index (χ3n) is 9.16. The van der Waals surface area contributed by atoms with Gasteiger partial charge < -0.3 is 28.4 Å². The maximum absolute atomic E-state index is 15.2. The van der Waals surface area contributed by atoms with Gasteiger partial charge in [-0.15, -0.1) is 0 Å². The average molecular weight is 695 g/mol. The largest absolute Gasteiger partial charge is 0.420 e. The highest BCUT2D eigenvalue weighted by atomic mass is 19.1. The predicted octanol–water partition coefficient (Wildman–Crippen LogP) is 4.69. The van der Waals surface area contributed by atoms with Crippen LogP contribution in [0.15, 0.2) is 57.4 Å². The minimum atomic E-state index is -1.54. The summed E-state index contributed by atoms with van der Waals surface area (Å²) in [4.78, 5) is 52.8. The summed E-state index contributed by atoms with van der Waals surface area (Å²) in [6, 6.07) is 11.0. The minimum absolute atomic E-state index is 0.00547. The number of nitrogens with zero attached hydrogens (tertiary/aromatic N) is 8.